The number of carboxylic acid groups (broad SMARTS) is 1. The molecule has 8 nitrogen and oxygen atoms in total. The molecule has 26 heavy (non-hydrogen) atoms. The summed E-state index contributed by atoms with van der Waals surface area (Å²) in [5.74, 6) is 0. The number of amides is 2. The maximum atomic E-state index is 11.6. The Morgan fingerprint density at radius 3 is 1.23 bits per heavy atom. The van der Waals surface area contributed by atoms with Crippen molar-refractivity contribution in [3.05, 3.63) is 60.7 Å². The molecule has 2 N–H and O–H groups in total. The number of hydrogen-bond donors (Lipinski definition) is 2. The molecular weight excluding hydrogens is 392 g/mol. The SMILES string of the molecule is O=C(Nc1ccccc1)Nc1ccccc1.O=C([O-])P(=O)([O-])[O-].[Na+].[Na+].[Na+]. The molecule has 0 bridgehead atoms. The number of carbonyl (C=O) groups is 2. The molecule has 0 fully saturated rings. The van der Waals surface area contributed by atoms with E-state index in [0.29, 0.717) is 0 Å². The Hall–Kier alpha value is 0.330. The molecule has 0 spiro atoms. The van der Waals surface area contributed by atoms with E-state index in [1.165, 1.54) is 0 Å². The quantitative estimate of drug-likeness (QED) is 0.384. The summed E-state index contributed by atoms with van der Waals surface area (Å²) in [4.78, 5) is 38.9. The molecule has 0 aromatic heterocycles. The van der Waals surface area contributed by atoms with E-state index in [9.17, 15) is 4.79 Å². The molecule has 0 heterocycles. The van der Waals surface area contributed by atoms with Gasteiger partial charge in [0.1, 0.15) is 0 Å². The van der Waals surface area contributed by atoms with Gasteiger partial charge >= 0.3 is 94.7 Å². The number of urea groups is 1. The van der Waals surface area contributed by atoms with Gasteiger partial charge in [0.15, 0.2) is 0 Å². The summed E-state index contributed by atoms with van der Waals surface area (Å²) in [7, 11) is -5.43. The zero-order valence-electron chi connectivity index (χ0n) is 14.7. The largest absolute Gasteiger partial charge is 1.00 e. The van der Waals surface area contributed by atoms with Crippen LogP contribution in [0, 0.1) is 0 Å². The smallest absolute Gasteiger partial charge is 0.807 e. The van der Waals surface area contributed by atoms with E-state index < -0.39 is 13.3 Å². The molecule has 122 valence electrons. The van der Waals surface area contributed by atoms with Gasteiger partial charge < -0.3 is 34.9 Å². The molecule has 2 amide bonds. The minimum Gasteiger partial charge on any atom is -0.807 e. The van der Waals surface area contributed by atoms with E-state index in [-0.39, 0.29) is 94.7 Å². The third-order valence-corrected chi connectivity index (χ3v) is 2.73. The van der Waals surface area contributed by atoms with Gasteiger partial charge in [-0.15, -0.1) is 0 Å². The van der Waals surface area contributed by atoms with E-state index in [0.717, 1.165) is 11.4 Å². The van der Waals surface area contributed by atoms with Gasteiger partial charge in [-0.05, 0) is 31.9 Å². The second-order valence-electron chi connectivity index (χ2n) is 4.07. The Balaban J connectivity index is -0.000000464. The van der Waals surface area contributed by atoms with Gasteiger partial charge in [-0.1, -0.05) is 36.4 Å². The van der Waals surface area contributed by atoms with Crippen molar-refractivity contribution in [2.75, 3.05) is 10.6 Å². The average molecular weight is 404 g/mol. The second-order valence-corrected chi connectivity index (χ2v) is 5.43. The van der Waals surface area contributed by atoms with Gasteiger partial charge in [0, 0.05) is 11.4 Å². The van der Waals surface area contributed by atoms with E-state index in [4.69, 9.17) is 24.3 Å². The van der Waals surface area contributed by atoms with Gasteiger partial charge in [-0.3, -0.25) is 0 Å². The number of para-hydroxylation sites is 2. The van der Waals surface area contributed by atoms with Crippen LogP contribution in [0.15, 0.2) is 60.7 Å². The third kappa shape index (κ3) is 14.4. The Labute approximate surface area is 217 Å². The molecule has 0 aliphatic carbocycles. The van der Waals surface area contributed by atoms with Crippen LogP contribution in [-0.2, 0) is 4.57 Å². The van der Waals surface area contributed by atoms with Crippen molar-refractivity contribution in [2.24, 2.45) is 0 Å². The molecule has 0 saturated heterocycles. The van der Waals surface area contributed by atoms with Crippen LogP contribution < -0.4 is 114 Å². The summed E-state index contributed by atoms with van der Waals surface area (Å²) in [5.41, 5.74) is -1.01. The molecule has 0 radical (unpaired) electrons. The molecule has 0 saturated carbocycles. The zero-order valence-corrected chi connectivity index (χ0v) is 21.6. The fraction of sp³-hybridized carbons (Fsp3) is 0. The van der Waals surface area contributed by atoms with Gasteiger partial charge in [-0.2, -0.15) is 0 Å². The van der Waals surface area contributed by atoms with E-state index in [1.807, 2.05) is 60.7 Å². The van der Waals surface area contributed by atoms with Crippen molar-refractivity contribution in [3.8, 4) is 0 Å². The van der Waals surface area contributed by atoms with Crippen molar-refractivity contribution in [2.45, 2.75) is 0 Å². The summed E-state index contributed by atoms with van der Waals surface area (Å²) in [5, 5.41) is 14.5. The minimum absolute atomic E-state index is 0. The summed E-state index contributed by atoms with van der Waals surface area (Å²) in [6.07, 6.45) is 0. The minimum atomic E-state index is -5.43. The van der Waals surface area contributed by atoms with Crippen molar-refractivity contribution in [1.29, 1.82) is 0 Å². The monoisotopic (exact) mass is 404 g/mol. The molecule has 0 aliphatic heterocycles. The number of hydrogen-bond acceptors (Lipinski definition) is 6. The first-order valence-corrected chi connectivity index (χ1v) is 7.75. The van der Waals surface area contributed by atoms with E-state index in [1.54, 1.807) is 0 Å². The second kappa shape index (κ2) is 16.3. The molecule has 2 aromatic rings. The molecule has 0 aliphatic rings. The van der Waals surface area contributed by atoms with Crippen LogP contribution in [-0.4, -0.2) is 11.7 Å². The Morgan fingerprint density at radius 2 is 1.00 bits per heavy atom. The number of anilines is 2. The topological polar surface area (TPSA) is 144 Å². The van der Waals surface area contributed by atoms with Gasteiger partial charge in [0.25, 0.3) is 0 Å². The van der Waals surface area contributed by atoms with Crippen molar-refractivity contribution in [1.82, 2.24) is 0 Å². The van der Waals surface area contributed by atoms with Gasteiger partial charge in [0.2, 0.25) is 0 Å². The summed E-state index contributed by atoms with van der Waals surface area (Å²) >= 11 is 0. The van der Waals surface area contributed by atoms with Crippen molar-refractivity contribution in [3.63, 3.8) is 0 Å². The van der Waals surface area contributed by atoms with Crippen LogP contribution in [0.3, 0.4) is 0 Å². The van der Waals surface area contributed by atoms with Crippen LogP contribution in [0.4, 0.5) is 21.0 Å². The van der Waals surface area contributed by atoms with Gasteiger partial charge in [0.05, 0.1) is 5.71 Å². The third-order valence-electron chi connectivity index (χ3n) is 2.29. The van der Waals surface area contributed by atoms with Crippen LogP contribution in [0.2, 0.25) is 0 Å². The van der Waals surface area contributed by atoms with Gasteiger partial charge in [-0.25, -0.2) is 4.79 Å². The van der Waals surface area contributed by atoms with Crippen LogP contribution in [0.5, 0.6) is 0 Å². The molecule has 2 rings (SSSR count). The summed E-state index contributed by atoms with van der Waals surface area (Å²) < 4.78 is 9.14. The number of rotatable bonds is 3. The fourth-order valence-corrected chi connectivity index (χ4v) is 1.34. The molecule has 2 aromatic carbocycles. The molecule has 12 heteroatoms. The van der Waals surface area contributed by atoms with Crippen LogP contribution in [0.25, 0.3) is 0 Å². The molecule has 0 atom stereocenters. The first-order valence-electron chi connectivity index (χ1n) is 6.21. The normalized spacial score (nSPS) is 8.85. The van der Waals surface area contributed by atoms with E-state index >= 15 is 0 Å². The van der Waals surface area contributed by atoms with Crippen molar-refractivity contribution < 1.29 is 118 Å². The summed E-state index contributed by atoms with van der Waals surface area (Å²) in [6, 6.07) is 18.4. The first-order chi connectivity index (χ1) is 10.8. The van der Waals surface area contributed by atoms with E-state index in [2.05, 4.69) is 10.6 Å². The maximum absolute atomic E-state index is 11.6. The molecular formula is C14H12N2Na3O6P. The Kier molecular flexibility index (Phi) is 19.5. The first kappa shape index (κ1) is 31.0. The van der Waals surface area contributed by atoms with Crippen LogP contribution in [0.1, 0.15) is 0 Å². The Morgan fingerprint density at radius 1 is 0.731 bits per heavy atom. The van der Waals surface area contributed by atoms with Crippen molar-refractivity contribution >= 4 is 30.7 Å². The number of nitrogens with one attached hydrogen (secondary N) is 2. The summed E-state index contributed by atoms with van der Waals surface area (Å²) in [6.45, 7) is 0. The predicted octanol–water partition coefficient (Wildman–Crippen LogP) is -8.41. The average Bonchev–Trinajstić information content (AvgIpc) is 2.48. The molecule has 0 unspecified atom stereocenters. The maximum Gasteiger partial charge on any atom is 1.00 e. The number of benzene rings is 2. The zero-order chi connectivity index (χ0) is 17.3. The fourth-order valence-electron chi connectivity index (χ4n) is 1.34. The van der Waals surface area contributed by atoms with Crippen LogP contribution >= 0.6 is 7.60 Å². The number of carbonyl (C=O) groups excluding carboxylic acids is 2. The standard InChI is InChI=1S/C13H12N2O.CH3O5P.3Na/c16-13(14-11-7-3-1-4-8-11)15-12-9-5-2-6-10-12;2-1(3)7(4,5)6;;;/h1-10H,(H2,14,15,16);(H,2,3)(H2,4,5,6);;;/q;;3*+1/p-3. The Bertz CT molecular complexity index is 657. The predicted molar refractivity (Wildman–Crippen MR) is 78.5 cm³/mol.